The molecule has 3 amide bonds. The van der Waals surface area contributed by atoms with Crippen LogP contribution in [0.25, 0.3) is 0 Å². The molecular weight excluding hydrogens is 180 g/mol. The van der Waals surface area contributed by atoms with E-state index in [1.807, 2.05) is 13.8 Å². The van der Waals surface area contributed by atoms with Crippen molar-refractivity contribution in [3.8, 4) is 0 Å². The van der Waals surface area contributed by atoms with Gasteiger partial charge < -0.3 is 4.90 Å². The fourth-order valence-corrected chi connectivity index (χ4v) is 2.03. The summed E-state index contributed by atoms with van der Waals surface area (Å²) < 4.78 is 0. The molecule has 0 N–H and O–H groups in total. The summed E-state index contributed by atoms with van der Waals surface area (Å²) in [4.78, 5) is 26.8. The van der Waals surface area contributed by atoms with Crippen molar-refractivity contribution in [3.05, 3.63) is 0 Å². The maximum absolute atomic E-state index is 11.9. The van der Waals surface area contributed by atoms with E-state index in [1.54, 1.807) is 4.90 Å². The quantitative estimate of drug-likeness (QED) is 0.666. The molecule has 2 rings (SSSR count). The summed E-state index contributed by atoms with van der Waals surface area (Å²) in [5, 5.41) is 0. The maximum atomic E-state index is 11.9. The van der Waals surface area contributed by atoms with Crippen LogP contribution in [0.5, 0.6) is 0 Å². The second-order valence-corrected chi connectivity index (χ2v) is 4.12. The summed E-state index contributed by atoms with van der Waals surface area (Å²) in [6.07, 6.45) is 2.46. The third kappa shape index (κ3) is 1.38. The van der Waals surface area contributed by atoms with Crippen molar-refractivity contribution in [2.75, 3.05) is 6.54 Å². The molecule has 1 saturated heterocycles. The molecule has 14 heavy (non-hydrogen) atoms. The van der Waals surface area contributed by atoms with Crippen LogP contribution in [0.4, 0.5) is 4.79 Å². The molecule has 0 aromatic heterocycles. The van der Waals surface area contributed by atoms with Crippen molar-refractivity contribution >= 4 is 11.9 Å². The van der Waals surface area contributed by atoms with Crippen molar-refractivity contribution in [1.29, 1.82) is 0 Å². The van der Waals surface area contributed by atoms with Gasteiger partial charge in [0.05, 0.1) is 0 Å². The first kappa shape index (κ1) is 9.49. The first-order chi connectivity index (χ1) is 6.65. The predicted octanol–water partition coefficient (Wildman–Crippen LogP) is 1.21. The number of hydrogen-bond acceptors (Lipinski definition) is 2. The minimum atomic E-state index is -0.0845. The molecule has 1 unspecified atom stereocenters. The number of carbonyl (C=O) groups excluding carboxylic acids is 2. The summed E-state index contributed by atoms with van der Waals surface area (Å²) in [5.74, 6) is 0.00898. The van der Waals surface area contributed by atoms with Gasteiger partial charge in [-0.05, 0) is 26.7 Å². The molecule has 1 aliphatic heterocycles. The zero-order valence-electron chi connectivity index (χ0n) is 8.69. The molecule has 78 valence electrons. The molecule has 2 fully saturated rings. The average Bonchev–Trinajstić information content (AvgIpc) is 2.88. The number of nitrogens with zero attached hydrogens (tertiary/aromatic N) is 2. The fraction of sp³-hybridized carbons (Fsp3) is 0.800. The molecule has 1 atom stereocenters. The molecule has 4 nitrogen and oxygen atoms in total. The van der Waals surface area contributed by atoms with Crippen LogP contribution in [-0.2, 0) is 4.79 Å². The maximum Gasteiger partial charge on any atom is 0.327 e. The van der Waals surface area contributed by atoms with E-state index in [0.29, 0.717) is 13.0 Å². The molecule has 0 radical (unpaired) electrons. The van der Waals surface area contributed by atoms with Crippen molar-refractivity contribution in [2.45, 2.75) is 45.2 Å². The highest BCUT2D eigenvalue weighted by Gasteiger charge is 2.43. The van der Waals surface area contributed by atoms with Crippen molar-refractivity contribution in [1.82, 2.24) is 9.80 Å². The van der Waals surface area contributed by atoms with Gasteiger partial charge in [-0.3, -0.25) is 9.69 Å². The van der Waals surface area contributed by atoms with Crippen LogP contribution in [0.15, 0.2) is 0 Å². The molecule has 1 heterocycles. The van der Waals surface area contributed by atoms with Crippen molar-refractivity contribution < 1.29 is 9.59 Å². The largest absolute Gasteiger partial charge is 0.327 e. The molecule has 0 aromatic carbocycles. The van der Waals surface area contributed by atoms with Gasteiger partial charge in [0.25, 0.3) is 0 Å². The second-order valence-electron chi connectivity index (χ2n) is 4.12. The van der Waals surface area contributed by atoms with E-state index >= 15 is 0 Å². The Balaban J connectivity index is 2.17. The Bertz CT molecular complexity index is 273. The monoisotopic (exact) mass is 196 g/mol. The Morgan fingerprint density at radius 1 is 1.36 bits per heavy atom. The van der Waals surface area contributed by atoms with E-state index in [-0.39, 0.29) is 24.0 Å². The number of amides is 3. The van der Waals surface area contributed by atoms with Crippen LogP contribution >= 0.6 is 0 Å². The third-order valence-corrected chi connectivity index (χ3v) is 2.98. The number of rotatable bonds is 2. The van der Waals surface area contributed by atoms with Crippen LogP contribution in [0.3, 0.4) is 0 Å². The Kier molecular flexibility index (Phi) is 2.21. The minimum absolute atomic E-state index is 0.00898. The highest BCUT2D eigenvalue weighted by Crippen LogP contribution is 2.31. The van der Waals surface area contributed by atoms with Crippen LogP contribution in [-0.4, -0.2) is 40.4 Å². The van der Waals surface area contributed by atoms with Crippen LogP contribution in [0, 0.1) is 0 Å². The van der Waals surface area contributed by atoms with Gasteiger partial charge in [0, 0.05) is 25.0 Å². The number of imide groups is 1. The zero-order chi connectivity index (χ0) is 10.3. The molecule has 1 saturated carbocycles. The van der Waals surface area contributed by atoms with Gasteiger partial charge in [0.2, 0.25) is 5.91 Å². The lowest BCUT2D eigenvalue weighted by molar-refractivity contribution is -0.132. The average molecular weight is 196 g/mol. The zero-order valence-corrected chi connectivity index (χ0v) is 8.69. The first-order valence-electron chi connectivity index (χ1n) is 5.27. The molecule has 0 spiro atoms. The third-order valence-electron chi connectivity index (χ3n) is 2.98. The second kappa shape index (κ2) is 3.26. The smallest absolute Gasteiger partial charge is 0.321 e. The Morgan fingerprint density at radius 2 is 2.00 bits per heavy atom. The lowest BCUT2D eigenvalue weighted by Gasteiger charge is -2.38. The van der Waals surface area contributed by atoms with Gasteiger partial charge in [-0.15, -0.1) is 0 Å². The van der Waals surface area contributed by atoms with E-state index < -0.39 is 0 Å². The van der Waals surface area contributed by atoms with Crippen molar-refractivity contribution in [3.63, 3.8) is 0 Å². The van der Waals surface area contributed by atoms with Crippen molar-refractivity contribution in [2.24, 2.45) is 0 Å². The Labute approximate surface area is 83.9 Å². The van der Waals surface area contributed by atoms with E-state index in [1.165, 1.54) is 4.90 Å². The van der Waals surface area contributed by atoms with E-state index in [2.05, 4.69) is 0 Å². The topological polar surface area (TPSA) is 40.6 Å². The Hall–Kier alpha value is -1.06. The first-order valence-corrected chi connectivity index (χ1v) is 5.27. The van der Waals surface area contributed by atoms with E-state index in [4.69, 9.17) is 0 Å². The van der Waals surface area contributed by atoms with Gasteiger partial charge in [-0.2, -0.15) is 0 Å². The summed E-state index contributed by atoms with van der Waals surface area (Å²) in [5.41, 5.74) is 0. The highest BCUT2D eigenvalue weighted by molar-refractivity contribution is 5.98. The number of hydrogen-bond donors (Lipinski definition) is 0. The lowest BCUT2D eigenvalue weighted by Crippen LogP contribution is -2.56. The van der Waals surface area contributed by atoms with Gasteiger partial charge >= 0.3 is 6.03 Å². The standard InChI is InChI=1S/C10H16N2O2/c1-3-11-7(2)6-9(13)12(10(11)14)8-4-5-8/h7-8H,3-6H2,1-2H3. The SMILES string of the molecule is CCN1C(=O)N(C2CC2)C(=O)CC1C. The normalized spacial score (nSPS) is 28.6. The van der Waals surface area contributed by atoms with E-state index in [0.717, 1.165) is 12.8 Å². The fourth-order valence-electron chi connectivity index (χ4n) is 2.03. The van der Waals surface area contributed by atoms with Gasteiger partial charge in [-0.1, -0.05) is 0 Å². The van der Waals surface area contributed by atoms with Crippen LogP contribution in [0.2, 0.25) is 0 Å². The molecule has 0 aromatic rings. The summed E-state index contributed by atoms with van der Waals surface area (Å²) >= 11 is 0. The predicted molar refractivity (Wildman–Crippen MR) is 51.7 cm³/mol. The Morgan fingerprint density at radius 3 is 2.50 bits per heavy atom. The summed E-state index contributed by atoms with van der Waals surface area (Å²) in [7, 11) is 0. The lowest BCUT2D eigenvalue weighted by atomic mass is 10.1. The molecule has 0 bridgehead atoms. The molecule has 4 heteroatoms. The molecule has 2 aliphatic rings. The molecule has 1 aliphatic carbocycles. The van der Waals surface area contributed by atoms with Gasteiger partial charge in [-0.25, -0.2) is 4.79 Å². The molecular formula is C10H16N2O2. The highest BCUT2D eigenvalue weighted by atomic mass is 16.2. The van der Waals surface area contributed by atoms with E-state index in [9.17, 15) is 9.59 Å². The summed E-state index contributed by atoms with van der Waals surface area (Å²) in [6, 6.07) is 0.185. The van der Waals surface area contributed by atoms with Gasteiger partial charge in [0.1, 0.15) is 0 Å². The number of urea groups is 1. The minimum Gasteiger partial charge on any atom is -0.321 e. The van der Waals surface area contributed by atoms with Gasteiger partial charge in [0.15, 0.2) is 0 Å². The van der Waals surface area contributed by atoms with Crippen LogP contribution < -0.4 is 0 Å². The number of carbonyl (C=O) groups is 2. The summed E-state index contributed by atoms with van der Waals surface area (Å²) in [6.45, 7) is 4.58. The van der Waals surface area contributed by atoms with Crippen LogP contribution in [0.1, 0.15) is 33.1 Å².